The maximum Gasteiger partial charge on any atom is 0.416 e. The molecule has 154 valence electrons. The number of halogens is 4. The van der Waals surface area contributed by atoms with Crippen LogP contribution in [0.3, 0.4) is 0 Å². The number of alkyl halides is 3. The molecular formula is C20H14BrF3N4OS. The lowest BCUT2D eigenvalue weighted by Gasteiger charge is -2.15. The van der Waals surface area contributed by atoms with Gasteiger partial charge in [-0.25, -0.2) is 0 Å². The molecule has 2 aromatic carbocycles. The molecule has 1 N–H and O–H groups in total. The summed E-state index contributed by atoms with van der Waals surface area (Å²) >= 11 is 4.22. The van der Waals surface area contributed by atoms with E-state index in [-0.39, 0.29) is 15.9 Å². The summed E-state index contributed by atoms with van der Waals surface area (Å²) in [5.41, 5.74) is 0.870. The lowest BCUT2D eigenvalue weighted by molar-refractivity contribution is -0.137. The SMILES string of the molecule is CC(=O)N[C@@H](Cc1ccc(C#N)cc1)c1nnc(-c2cc(Br)cc(C(F)(F)F)c2)s1. The molecule has 0 unspecified atom stereocenters. The molecule has 0 saturated heterocycles. The van der Waals surface area contributed by atoms with E-state index < -0.39 is 17.8 Å². The van der Waals surface area contributed by atoms with Gasteiger partial charge < -0.3 is 5.32 Å². The van der Waals surface area contributed by atoms with E-state index >= 15 is 0 Å². The topological polar surface area (TPSA) is 78.7 Å². The molecular weight excluding hydrogens is 481 g/mol. The molecule has 1 amide bonds. The molecule has 3 rings (SSSR count). The Labute approximate surface area is 182 Å². The normalized spacial score (nSPS) is 12.3. The van der Waals surface area contributed by atoms with Gasteiger partial charge in [0, 0.05) is 17.0 Å². The number of nitrogens with one attached hydrogen (secondary N) is 1. The van der Waals surface area contributed by atoms with Crippen LogP contribution in [0.25, 0.3) is 10.6 Å². The standard InChI is InChI=1S/C20H14BrF3N4OS/c1-11(29)26-17(6-12-2-4-13(10-25)5-3-12)19-28-27-18(30-19)14-7-15(20(22,23)24)9-16(21)8-14/h2-5,7-9,17H,6H2,1H3,(H,26,29)/t17-/m0/s1. The van der Waals surface area contributed by atoms with E-state index in [9.17, 15) is 18.0 Å². The molecule has 1 aromatic heterocycles. The van der Waals surface area contributed by atoms with Crippen molar-refractivity contribution in [3.05, 3.63) is 68.6 Å². The Hall–Kier alpha value is -2.77. The highest BCUT2D eigenvalue weighted by molar-refractivity contribution is 9.10. The van der Waals surface area contributed by atoms with Crippen LogP contribution in [0.1, 0.15) is 34.7 Å². The predicted molar refractivity (Wildman–Crippen MR) is 109 cm³/mol. The highest BCUT2D eigenvalue weighted by atomic mass is 79.9. The lowest BCUT2D eigenvalue weighted by Crippen LogP contribution is -2.27. The van der Waals surface area contributed by atoms with Gasteiger partial charge in [-0.15, -0.1) is 10.2 Å². The molecule has 1 heterocycles. The smallest absolute Gasteiger partial charge is 0.347 e. The molecule has 0 fully saturated rings. The summed E-state index contributed by atoms with van der Waals surface area (Å²) in [5.74, 6) is -0.271. The van der Waals surface area contributed by atoms with Crippen molar-refractivity contribution in [3.8, 4) is 16.6 Å². The van der Waals surface area contributed by atoms with E-state index in [1.165, 1.54) is 13.0 Å². The third-order valence-corrected chi connectivity index (χ3v) is 5.65. The van der Waals surface area contributed by atoms with Crippen molar-refractivity contribution in [2.75, 3.05) is 0 Å². The Morgan fingerprint density at radius 1 is 1.23 bits per heavy atom. The van der Waals surface area contributed by atoms with Gasteiger partial charge in [-0.05, 0) is 42.3 Å². The van der Waals surface area contributed by atoms with E-state index in [0.29, 0.717) is 22.0 Å². The molecule has 0 aliphatic carbocycles. The van der Waals surface area contributed by atoms with Crippen LogP contribution in [0.2, 0.25) is 0 Å². The van der Waals surface area contributed by atoms with Crippen molar-refractivity contribution in [2.24, 2.45) is 0 Å². The molecule has 10 heteroatoms. The Morgan fingerprint density at radius 3 is 2.53 bits per heavy atom. The van der Waals surface area contributed by atoms with Crippen LogP contribution in [-0.4, -0.2) is 16.1 Å². The van der Waals surface area contributed by atoms with Crippen molar-refractivity contribution in [2.45, 2.75) is 25.6 Å². The van der Waals surface area contributed by atoms with Gasteiger partial charge in [-0.1, -0.05) is 39.4 Å². The number of hydrogen-bond acceptors (Lipinski definition) is 5. The average Bonchev–Trinajstić information content (AvgIpc) is 3.17. The van der Waals surface area contributed by atoms with Crippen molar-refractivity contribution < 1.29 is 18.0 Å². The summed E-state index contributed by atoms with van der Waals surface area (Å²) in [7, 11) is 0. The molecule has 3 aromatic rings. The number of carbonyl (C=O) groups is 1. The van der Waals surface area contributed by atoms with Crippen molar-refractivity contribution in [1.82, 2.24) is 15.5 Å². The van der Waals surface area contributed by atoms with Gasteiger partial charge in [0.2, 0.25) is 5.91 Å². The zero-order valence-corrected chi connectivity index (χ0v) is 17.9. The zero-order chi connectivity index (χ0) is 21.9. The number of amides is 1. The van der Waals surface area contributed by atoms with Gasteiger partial charge in [-0.3, -0.25) is 4.79 Å². The first-order valence-corrected chi connectivity index (χ1v) is 10.2. The molecule has 0 saturated carbocycles. The van der Waals surface area contributed by atoms with Crippen LogP contribution in [0.4, 0.5) is 13.2 Å². The van der Waals surface area contributed by atoms with Crippen LogP contribution < -0.4 is 5.32 Å². The summed E-state index contributed by atoms with van der Waals surface area (Å²) in [6, 6.07) is 12.0. The van der Waals surface area contributed by atoms with Gasteiger partial charge in [-0.2, -0.15) is 18.4 Å². The Morgan fingerprint density at radius 2 is 1.93 bits per heavy atom. The minimum Gasteiger partial charge on any atom is -0.347 e. The first-order chi connectivity index (χ1) is 14.2. The van der Waals surface area contributed by atoms with Crippen molar-refractivity contribution in [1.29, 1.82) is 5.26 Å². The van der Waals surface area contributed by atoms with Gasteiger partial charge in [0.15, 0.2) is 0 Å². The zero-order valence-electron chi connectivity index (χ0n) is 15.5. The van der Waals surface area contributed by atoms with Gasteiger partial charge in [0.25, 0.3) is 0 Å². The minimum absolute atomic E-state index is 0.271. The quantitative estimate of drug-likeness (QED) is 0.523. The van der Waals surface area contributed by atoms with Crippen molar-refractivity contribution >= 4 is 33.2 Å². The number of hydrogen-bond donors (Lipinski definition) is 1. The van der Waals surface area contributed by atoms with Gasteiger partial charge in [0.1, 0.15) is 10.0 Å². The molecule has 30 heavy (non-hydrogen) atoms. The molecule has 0 spiro atoms. The van der Waals surface area contributed by atoms with E-state index in [0.717, 1.165) is 29.0 Å². The highest BCUT2D eigenvalue weighted by Crippen LogP contribution is 2.36. The van der Waals surface area contributed by atoms with E-state index in [1.807, 2.05) is 6.07 Å². The fraction of sp³-hybridized carbons (Fsp3) is 0.200. The number of benzene rings is 2. The number of nitrogens with zero attached hydrogens (tertiary/aromatic N) is 3. The van der Waals surface area contributed by atoms with Crippen LogP contribution in [-0.2, 0) is 17.4 Å². The van der Waals surface area contributed by atoms with Crippen LogP contribution in [0, 0.1) is 11.3 Å². The number of rotatable bonds is 5. The molecule has 0 bridgehead atoms. The second-order valence-electron chi connectivity index (χ2n) is 6.44. The number of carbonyl (C=O) groups excluding carboxylic acids is 1. The largest absolute Gasteiger partial charge is 0.416 e. The first-order valence-electron chi connectivity index (χ1n) is 8.63. The molecule has 0 radical (unpaired) electrons. The average molecular weight is 495 g/mol. The van der Waals surface area contributed by atoms with Gasteiger partial charge >= 0.3 is 6.18 Å². The lowest BCUT2D eigenvalue weighted by atomic mass is 10.0. The monoisotopic (exact) mass is 494 g/mol. The fourth-order valence-electron chi connectivity index (χ4n) is 2.77. The minimum atomic E-state index is -4.49. The second kappa shape index (κ2) is 8.93. The van der Waals surface area contributed by atoms with Crippen molar-refractivity contribution in [3.63, 3.8) is 0 Å². The molecule has 0 aliphatic rings. The maximum absolute atomic E-state index is 13.1. The Kier molecular flexibility index (Phi) is 6.53. The Bertz CT molecular complexity index is 1110. The predicted octanol–water partition coefficient (Wildman–Crippen LogP) is 5.28. The summed E-state index contributed by atoms with van der Waals surface area (Å²) < 4.78 is 39.6. The molecule has 1 atom stereocenters. The molecule has 0 aliphatic heterocycles. The first kappa shape index (κ1) is 21.9. The Balaban J connectivity index is 1.91. The van der Waals surface area contributed by atoms with Crippen LogP contribution >= 0.6 is 27.3 Å². The second-order valence-corrected chi connectivity index (χ2v) is 8.36. The van der Waals surface area contributed by atoms with E-state index in [4.69, 9.17) is 5.26 Å². The third kappa shape index (κ3) is 5.43. The third-order valence-electron chi connectivity index (χ3n) is 4.11. The summed E-state index contributed by atoms with van der Waals surface area (Å²) in [6.07, 6.45) is -4.09. The van der Waals surface area contributed by atoms with E-state index in [1.54, 1.807) is 24.3 Å². The number of nitriles is 1. The summed E-state index contributed by atoms with van der Waals surface area (Å²) in [6.45, 7) is 1.37. The number of aromatic nitrogens is 2. The van der Waals surface area contributed by atoms with E-state index in [2.05, 4.69) is 31.4 Å². The fourth-order valence-corrected chi connectivity index (χ4v) is 4.14. The van der Waals surface area contributed by atoms with Crippen LogP contribution in [0.5, 0.6) is 0 Å². The maximum atomic E-state index is 13.1. The van der Waals surface area contributed by atoms with Crippen LogP contribution in [0.15, 0.2) is 46.9 Å². The molecule has 5 nitrogen and oxygen atoms in total. The van der Waals surface area contributed by atoms with Gasteiger partial charge in [0.05, 0.1) is 23.2 Å². The highest BCUT2D eigenvalue weighted by Gasteiger charge is 2.31. The summed E-state index contributed by atoms with van der Waals surface area (Å²) in [4.78, 5) is 11.7. The summed E-state index contributed by atoms with van der Waals surface area (Å²) in [5, 5.41) is 20.6.